The second kappa shape index (κ2) is 8.70. The van der Waals surface area contributed by atoms with E-state index >= 15 is 0 Å². The Labute approximate surface area is 165 Å². The molecule has 0 radical (unpaired) electrons. The van der Waals surface area contributed by atoms with Crippen molar-refractivity contribution in [2.45, 2.75) is 6.54 Å². The van der Waals surface area contributed by atoms with Crippen LogP contribution >= 0.6 is 0 Å². The first-order valence-corrected chi connectivity index (χ1v) is 11.0. The number of amides is 1. The Morgan fingerprint density at radius 1 is 1.00 bits per heavy atom. The molecule has 2 aromatic carbocycles. The summed E-state index contributed by atoms with van der Waals surface area (Å²) >= 11 is 0. The van der Waals surface area contributed by atoms with Crippen LogP contribution in [0, 0.1) is 5.82 Å². The van der Waals surface area contributed by atoms with Gasteiger partial charge in [0, 0.05) is 32.7 Å². The molecule has 0 N–H and O–H groups in total. The summed E-state index contributed by atoms with van der Waals surface area (Å²) in [6.07, 6.45) is 1.11. The molecule has 1 aliphatic heterocycles. The number of carbonyl (C=O) groups excluding carboxylic acids is 1. The topological polar surface area (TPSA) is 60.9 Å². The fraction of sp³-hybridized carbons (Fsp3) is 0.350. The van der Waals surface area contributed by atoms with Crippen molar-refractivity contribution >= 4 is 21.6 Å². The van der Waals surface area contributed by atoms with Gasteiger partial charge in [-0.3, -0.25) is 4.79 Å². The van der Waals surface area contributed by atoms with Crippen LogP contribution in [-0.2, 0) is 21.4 Å². The number of rotatable bonds is 6. The third-order valence-corrected chi connectivity index (χ3v) is 6.00. The molecule has 0 atom stereocenters. The number of hydrogen-bond donors (Lipinski definition) is 0. The molecule has 0 aliphatic carbocycles. The van der Waals surface area contributed by atoms with Gasteiger partial charge in [0.2, 0.25) is 15.9 Å². The van der Waals surface area contributed by atoms with Gasteiger partial charge in [-0.2, -0.15) is 4.31 Å². The zero-order valence-corrected chi connectivity index (χ0v) is 16.6. The summed E-state index contributed by atoms with van der Waals surface area (Å²) < 4.78 is 39.4. The quantitative estimate of drug-likeness (QED) is 0.737. The number of sulfonamides is 1. The fourth-order valence-electron chi connectivity index (χ4n) is 3.23. The molecular formula is C20H24FN3O3S. The highest BCUT2D eigenvalue weighted by atomic mass is 32.2. The van der Waals surface area contributed by atoms with Crippen molar-refractivity contribution in [2.24, 2.45) is 0 Å². The maximum absolute atomic E-state index is 13.9. The van der Waals surface area contributed by atoms with Crippen molar-refractivity contribution in [3.8, 4) is 0 Å². The third kappa shape index (κ3) is 5.08. The first kappa shape index (κ1) is 20.3. The van der Waals surface area contributed by atoms with Gasteiger partial charge in [0.05, 0.1) is 18.5 Å². The lowest BCUT2D eigenvalue weighted by atomic mass is 10.2. The van der Waals surface area contributed by atoms with E-state index in [9.17, 15) is 17.6 Å². The lowest BCUT2D eigenvalue weighted by Gasteiger charge is -2.37. The van der Waals surface area contributed by atoms with Crippen LogP contribution in [0.5, 0.6) is 0 Å². The molecule has 8 heteroatoms. The Kier molecular flexibility index (Phi) is 6.31. The van der Waals surface area contributed by atoms with E-state index in [0.29, 0.717) is 31.9 Å². The molecule has 1 fully saturated rings. The lowest BCUT2D eigenvalue weighted by molar-refractivity contribution is -0.131. The van der Waals surface area contributed by atoms with Crippen LogP contribution in [0.2, 0.25) is 0 Å². The minimum atomic E-state index is -3.53. The minimum Gasteiger partial charge on any atom is -0.366 e. The first-order valence-electron chi connectivity index (χ1n) is 9.11. The smallest absolute Gasteiger partial charge is 0.238 e. The van der Waals surface area contributed by atoms with Crippen LogP contribution in [0.15, 0.2) is 54.6 Å². The SMILES string of the molecule is CS(=O)(=O)N(CC(=O)N1CCN(c2ccccc2F)CC1)Cc1ccccc1. The summed E-state index contributed by atoms with van der Waals surface area (Å²) in [6, 6.07) is 15.7. The van der Waals surface area contributed by atoms with E-state index in [1.165, 1.54) is 10.4 Å². The van der Waals surface area contributed by atoms with Crippen molar-refractivity contribution < 1.29 is 17.6 Å². The van der Waals surface area contributed by atoms with Crippen LogP contribution in [0.1, 0.15) is 5.56 Å². The predicted molar refractivity (Wildman–Crippen MR) is 107 cm³/mol. The van der Waals surface area contributed by atoms with Gasteiger partial charge >= 0.3 is 0 Å². The summed E-state index contributed by atoms with van der Waals surface area (Å²) in [5, 5.41) is 0. The predicted octanol–water partition coefficient (Wildman–Crippen LogP) is 1.94. The second-order valence-corrected chi connectivity index (χ2v) is 8.82. The Bertz CT molecular complexity index is 913. The molecule has 1 amide bonds. The van der Waals surface area contributed by atoms with E-state index < -0.39 is 10.0 Å². The maximum Gasteiger partial charge on any atom is 0.238 e. The molecule has 3 rings (SSSR count). The monoisotopic (exact) mass is 405 g/mol. The van der Waals surface area contributed by atoms with E-state index in [-0.39, 0.29) is 24.8 Å². The third-order valence-electron chi connectivity index (χ3n) is 4.81. The summed E-state index contributed by atoms with van der Waals surface area (Å²) in [6.45, 7) is 1.81. The van der Waals surface area contributed by atoms with Gasteiger partial charge in [0.25, 0.3) is 0 Å². The standard InChI is InChI=1S/C20H24FN3O3S/c1-28(26,27)24(15-17-7-3-2-4-8-17)16-20(25)23-13-11-22(12-14-23)19-10-6-5-9-18(19)21/h2-10H,11-16H2,1H3. The van der Waals surface area contributed by atoms with Gasteiger partial charge < -0.3 is 9.80 Å². The van der Waals surface area contributed by atoms with Gasteiger partial charge in [0.15, 0.2) is 0 Å². The number of para-hydroxylation sites is 1. The van der Waals surface area contributed by atoms with E-state index in [1.54, 1.807) is 23.1 Å². The van der Waals surface area contributed by atoms with Crippen LogP contribution in [-0.4, -0.2) is 62.5 Å². The molecule has 0 saturated carbocycles. The molecule has 1 aliphatic rings. The van der Waals surface area contributed by atoms with Crippen molar-refractivity contribution in [3.63, 3.8) is 0 Å². The van der Waals surface area contributed by atoms with E-state index in [2.05, 4.69) is 0 Å². The van der Waals surface area contributed by atoms with Crippen molar-refractivity contribution in [1.82, 2.24) is 9.21 Å². The Morgan fingerprint density at radius 2 is 1.61 bits per heavy atom. The largest absolute Gasteiger partial charge is 0.366 e. The first-order chi connectivity index (χ1) is 13.3. The molecule has 0 unspecified atom stereocenters. The Morgan fingerprint density at radius 3 is 2.21 bits per heavy atom. The molecule has 2 aromatic rings. The van der Waals surface area contributed by atoms with Gasteiger partial charge in [-0.1, -0.05) is 42.5 Å². The van der Waals surface area contributed by atoms with Gasteiger partial charge in [0.1, 0.15) is 5.82 Å². The van der Waals surface area contributed by atoms with Gasteiger partial charge in [-0.15, -0.1) is 0 Å². The fourth-order valence-corrected chi connectivity index (χ4v) is 3.96. The summed E-state index contributed by atoms with van der Waals surface area (Å²) in [7, 11) is -3.53. The zero-order chi connectivity index (χ0) is 20.1. The molecule has 0 aromatic heterocycles. The maximum atomic E-state index is 13.9. The molecule has 28 heavy (non-hydrogen) atoms. The van der Waals surface area contributed by atoms with Crippen LogP contribution in [0.3, 0.4) is 0 Å². The van der Waals surface area contributed by atoms with Crippen molar-refractivity contribution in [1.29, 1.82) is 0 Å². The summed E-state index contributed by atoms with van der Waals surface area (Å²) in [5.41, 5.74) is 1.35. The molecule has 0 bridgehead atoms. The Balaban J connectivity index is 1.61. The number of benzene rings is 2. The van der Waals surface area contributed by atoms with Crippen LogP contribution in [0.25, 0.3) is 0 Å². The number of nitrogens with zero attached hydrogens (tertiary/aromatic N) is 3. The van der Waals surface area contributed by atoms with E-state index in [4.69, 9.17) is 0 Å². The van der Waals surface area contributed by atoms with E-state index in [1.807, 2.05) is 35.2 Å². The molecular weight excluding hydrogens is 381 g/mol. The van der Waals surface area contributed by atoms with Gasteiger partial charge in [-0.25, -0.2) is 12.8 Å². The van der Waals surface area contributed by atoms with Crippen molar-refractivity contribution in [2.75, 3.05) is 43.9 Å². The molecule has 1 heterocycles. The minimum absolute atomic E-state index is 0.153. The van der Waals surface area contributed by atoms with Crippen LogP contribution in [0.4, 0.5) is 10.1 Å². The molecule has 150 valence electrons. The number of halogens is 1. The molecule has 0 spiro atoms. The van der Waals surface area contributed by atoms with E-state index in [0.717, 1.165) is 11.8 Å². The van der Waals surface area contributed by atoms with Crippen LogP contribution < -0.4 is 4.90 Å². The zero-order valence-electron chi connectivity index (χ0n) is 15.8. The summed E-state index contributed by atoms with van der Waals surface area (Å²) in [4.78, 5) is 16.2. The molecule has 1 saturated heterocycles. The lowest BCUT2D eigenvalue weighted by Crippen LogP contribution is -2.51. The number of anilines is 1. The highest BCUT2D eigenvalue weighted by Crippen LogP contribution is 2.20. The van der Waals surface area contributed by atoms with Gasteiger partial charge in [-0.05, 0) is 17.7 Å². The number of hydrogen-bond acceptors (Lipinski definition) is 4. The average molecular weight is 405 g/mol. The number of carbonyl (C=O) groups is 1. The highest BCUT2D eigenvalue weighted by molar-refractivity contribution is 7.88. The summed E-state index contributed by atoms with van der Waals surface area (Å²) in [5.74, 6) is -0.525. The Hall–Kier alpha value is -2.45. The van der Waals surface area contributed by atoms with Crippen molar-refractivity contribution in [3.05, 3.63) is 66.0 Å². The second-order valence-electron chi connectivity index (χ2n) is 6.84. The number of piperazine rings is 1. The normalized spacial score (nSPS) is 15.1. The average Bonchev–Trinajstić information content (AvgIpc) is 2.68. The molecule has 6 nitrogen and oxygen atoms in total. The highest BCUT2D eigenvalue weighted by Gasteiger charge is 2.27.